The van der Waals surface area contributed by atoms with Gasteiger partial charge in [-0.2, -0.15) is 18.3 Å². The van der Waals surface area contributed by atoms with Crippen molar-refractivity contribution in [3.8, 4) is 28.4 Å². The van der Waals surface area contributed by atoms with Crippen LogP contribution >= 0.6 is 0 Å². The number of fused-ring (bicyclic) bond motifs is 1. The summed E-state index contributed by atoms with van der Waals surface area (Å²) in [6, 6.07) is 5.17. The molecule has 0 bridgehead atoms. The molecule has 2 aromatic carbocycles. The number of amides is 1. The number of carbonyl (C=O) groups is 3. The van der Waals surface area contributed by atoms with Gasteiger partial charge in [-0.25, -0.2) is 18.6 Å². The third-order valence-corrected chi connectivity index (χ3v) is 7.35. The molecular formula is C32H30F5N6NaO7. The Labute approximate surface area is 308 Å². The van der Waals surface area contributed by atoms with E-state index in [4.69, 9.17) is 19.1 Å². The van der Waals surface area contributed by atoms with Crippen molar-refractivity contribution in [1.29, 1.82) is 0 Å². The number of carbonyl (C=O) groups excluding carboxylic acids is 2. The van der Waals surface area contributed by atoms with Crippen LogP contribution in [0.2, 0.25) is 0 Å². The van der Waals surface area contributed by atoms with Crippen molar-refractivity contribution in [2.75, 3.05) is 13.2 Å². The molecule has 1 unspecified atom stereocenters. The first-order valence-corrected chi connectivity index (χ1v) is 15.1. The normalized spacial score (nSPS) is 13.5. The van der Waals surface area contributed by atoms with Gasteiger partial charge >= 0.3 is 47.7 Å². The minimum absolute atomic E-state index is 0. The number of imidazole rings is 1. The molecule has 13 nitrogen and oxygen atoms in total. The second-order valence-electron chi connectivity index (χ2n) is 11.0. The van der Waals surface area contributed by atoms with E-state index in [2.05, 4.69) is 25.5 Å². The molecule has 0 spiro atoms. The van der Waals surface area contributed by atoms with Crippen LogP contribution in [0.1, 0.15) is 55.4 Å². The van der Waals surface area contributed by atoms with Gasteiger partial charge in [-0.1, -0.05) is 18.1 Å². The first kappa shape index (κ1) is 39.0. The summed E-state index contributed by atoms with van der Waals surface area (Å²) < 4.78 is 86.8. The number of ether oxygens (including phenoxy) is 2. The Morgan fingerprint density at radius 2 is 1.88 bits per heavy atom. The van der Waals surface area contributed by atoms with Gasteiger partial charge in [0.1, 0.15) is 29.9 Å². The Balaban J connectivity index is 0.00000583. The Hall–Kier alpha value is -4.81. The summed E-state index contributed by atoms with van der Waals surface area (Å²) in [5.74, 6) is -5.64. The molecule has 0 radical (unpaired) electrons. The number of aromatic amines is 1. The average molecular weight is 729 g/mol. The Morgan fingerprint density at radius 1 is 1.12 bits per heavy atom. The number of hydrogen-bond donors (Lipinski definition) is 3. The number of nitrogens with one attached hydrogen (secondary N) is 2. The van der Waals surface area contributed by atoms with Crippen LogP contribution in [0.5, 0.6) is 5.75 Å². The van der Waals surface area contributed by atoms with Gasteiger partial charge in [0, 0.05) is 11.6 Å². The van der Waals surface area contributed by atoms with E-state index in [1.54, 1.807) is 6.92 Å². The summed E-state index contributed by atoms with van der Waals surface area (Å²) in [7, 11) is 0. The van der Waals surface area contributed by atoms with Crippen molar-refractivity contribution < 1.29 is 55.4 Å². The second-order valence-corrected chi connectivity index (χ2v) is 11.0. The maximum atomic E-state index is 14.5. The molecule has 5 rings (SSSR count). The van der Waals surface area contributed by atoms with Gasteiger partial charge in [-0.15, -0.1) is 0 Å². The topological polar surface area (TPSA) is 172 Å². The number of esters is 1. The zero-order valence-corrected chi connectivity index (χ0v) is 26.4. The molecule has 4 aromatic rings. The van der Waals surface area contributed by atoms with Gasteiger partial charge < -0.3 is 29.4 Å². The summed E-state index contributed by atoms with van der Waals surface area (Å²) in [6.07, 6.45) is -3.43. The number of hydrogen-bond acceptors (Lipinski definition) is 10. The standard InChI is InChI=1S/C32H29F5N6O7.Na.H/c1-3-10-48-17-7-8-18(20(12-17)32(35,36)37)22-13-25(50-42-22)28(31(47)49-11-9-26(44)39-16(2)30(45)46)43-15-24-23(14-38-43)40-29(41-24)19-5-4-6-21(33)27(19)34;;/h4-8,12-14,16,28H,3,9-11,15H2,1-2H3,(H,39,44)(H,40,41)(H,45,46);;/t16-,28?;;/m0../s1. The van der Waals surface area contributed by atoms with E-state index in [-0.39, 0.29) is 82.6 Å². The zero-order chi connectivity index (χ0) is 36.2. The Kier molecular flexibility index (Phi) is 12.6. The van der Waals surface area contributed by atoms with Crippen molar-refractivity contribution in [2.45, 2.75) is 51.5 Å². The molecule has 266 valence electrons. The van der Waals surface area contributed by atoms with Crippen molar-refractivity contribution in [3.05, 3.63) is 76.8 Å². The number of halogens is 5. The molecule has 0 fully saturated rings. The summed E-state index contributed by atoms with van der Waals surface area (Å²) in [5, 5.41) is 20.4. The third-order valence-electron chi connectivity index (χ3n) is 7.35. The second kappa shape index (κ2) is 16.5. The molecule has 1 aliphatic rings. The maximum absolute atomic E-state index is 14.5. The third kappa shape index (κ3) is 9.11. The number of alkyl halides is 3. The summed E-state index contributed by atoms with van der Waals surface area (Å²) in [5.41, 5.74) is -1.35. The van der Waals surface area contributed by atoms with Gasteiger partial charge in [0.25, 0.3) is 0 Å². The van der Waals surface area contributed by atoms with E-state index < -0.39 is 66.3 Å². The summed E-state index contributed by atoms with van der Waals surface area (Å²) >= 11 is 0. The fraction of sp³-hybridized carbons (Fsp3) is 0.312. The number of aromatic nitrogens is 3. The van der Waals surface area contributed by atoms with E-state index in [0.717, 1.165) is 29.3 Å². The van der Waals surface area contributed by atoms with Crippen LogP contribution in [-0.2, 0) is 31.8 Å². The predicted octanol–water partition coefficient (Wildman–Crippen LogP) is 4.58. The van der Waals surface area contributed by atoms with E-state index in [1.807, 2.05) is 0 Å². The van der Waals surface area contributed by atoms with Crippen molar-refractivity contribution >= 4 is 53.6 Å². The van der Waals surface area contributed by atoms with Crippen LogP contribution in [0.4, 0.5) is 22.0 Å². The predicted molar refractivity (Wildman–Crippen MR) is 171 cm³/mol. The number of carboxylic acids is 1. The average Bonchev–Trinajstić information content (AvgIpc) is 3.72. The summed E-state index contributed by atoms with van der Waals surface area (Å²) in [6.45, 7) is 2.48. The van der Waals surface area contributed by atoms with E-state index in [1.165, 1.54) is 31.3 Å². The Bertz CT molecular complexity index is 1930. The summed E-state index contributed by atoms with van der Waals surface area (Å²) in [4.78, 5) is 43.9. The van der Waals surface area contributed by atoms with E-state index in [9.17, 15) is 36.3 Å². The van der Waals surface area contributed by atoms with Crippen LogP contribution in [-0.4, -0.2) is 98.1 Å². The molecule has 51 heavy (non-hydrogen) atoms. The zero-order valence-electron chi connectivity index (χ0n) is 26.4. The number of rotatable bonds is 13. The van der Waals surface area contributed by atoms with E-state index >= 15 is 0 Å². The SMILES string of the molecule is CCCOc1ccc(-c2cc(C(C(=O)OCCC(=O)N[C@@H](C)C(=O)O)N3Cc4nc(-c5cccc(F)c5F)[nH]c4C=N3)on2)c(C(F)(F)F)c1.[NaH]. The monoisotopic (exact) mass is 728 g/mol. The number of H-pyrrole nitrogens is 1. The van der Waals surface area contributed by atoms with Crippen molar-refractivity contribution in [3.63, 3.8) is 0 Å². The Morgan fingerprint density at radius 3 is 2.59 bits per heavy atom. The van der Waals surface area contributed by atoms with Gasteiger partial charge in [0.05, 0.1) is 48.3 Å². The number of aliphatic carboxylic acids is 1. The quantitative estimate of drug-likeness (QED) is 0.101. The van der Waals surface area contributed by atoms with Crippen LogP contribution in [0.15, 0.2) is 52.1 Å². The number of benzene rings is 2. The fourth-order valence-electron chi connectivity index (χ4n) is 4.87. The molecule has 1 aliphatic heterocycles. The van der Waals surface area contributed by atoms with Gasteiger partial charge in [0.15, 0.2) is 17.4 Å². The van der Waals surface area contributed by atoms with Crippen LogP contribution in [0.3, 0.4) is 0 Å². The fourth-order valence-corrected chi connectivity index (χ4v) is 4.87. The van der Waals surface area contributed by atoms with Gasteiger partial charge in [0.2, 0.25) is 11.9 Å². The van der Waals surface area contributed by atoms with Crippen molar-refractivity contribution in [1.82, 2.24) is 25.5 Å². The molecule has 2 aromatic heterocycles. The molecule has 2 atom stereocenters. The molecule has 1 amide bonds. The van der Waals surface area contributed by atoms with E-state index in [0.29, 0.717) is 12.1 Å². The van der Waals surface area contributed by atoms with Crippen molar-refractivity contribution in [2.24, 2.45) is 5.10 Å². The van der Waals surface area contributed by atoms with Gasteiger partial charge in [-0.3, -0.25) is 14.6 Å². The number of carboxylic acid groups (broad SMARTS) is 1. The van der Waals surface area contributed by atoms with Crippen LogP contribution in [0.25, 0.3) is 22.6 Å². The molecule has 0 aliphatic carbocycles. The van der Waals surface area contributed by atoms with Crippen LogP contribution < -0.4 is 10.1 Å². The molecule has 0 saturated carbocycles. The minimum atomic E-state index is -4.82. The molecule has 3 heterocycles. The first-order valence-electron chi connectivity index (χ1n) is 15.1. The molecule has 3 N–H and O–H groups in total. The molecule has 19 heteroatoms. The molecule has 0 saturated heterocycles. The number of hydrazone groups is 1. The molecular weight excluding hydrogens is 698 g/mol. The van der Waals surface area contributed by atoms with Gasteiger partial charge in [-0.05, 0) is 43.7 Å². The number of nitrogens with zero attached hydrogens (tertiary/aromatic N) is 4. The first-order chi connectivity index (χ1) is 23.8. The van der Waals surface area contributed by atoms with Crippen LogP contribution in [0, 0.1) is 11.6 Å².